The molecule has 5 heteroatoms. The van der Waals surface area contributed by atoms with E-state index in [1.165, 1.54) is 6.20 Å². The number of pyridine rings is 1. The number of halogens is 1. The number of aromatic nitrogens is 1. The van der Waals surface area contributed by atoms with E-state index < -0.39 is 5.91 Å². The van der Waals surface area contributed by atoms with E-state index in [1.807, 2.05) is 25.1 Å². The zero-order chi connectivity index (χ0) is 13.1. The predicted octanol–water partition coefficient (Wildman–Crippen LogP) is 3.04. The highest BCUT2D eigenvalue weighted by molar-refractivity contribution is 9.10. The molecule has 0 aliphatic carbocycles. The lowest BCUT2D eigenvalue weighted by molar-refractivity contribution is 0.1000. The summed E-state index contributed by atoms with van der Waals surface area (Å²) in [7, 11) is 0. The number of primary amides is 1. The molecule has 92 valence electrons. The lowest BCUT2D eigenvalue weighted by Crippen LogP contribution is -2.10. The number of hydrogen-bond donors (Lipinski definition) is 1. The highest BCUT2D eigenvalue weighted by Crippen LogP contribution is 2.26. The molecule has 2 aromatic rings. The molecule has 18 heavy (non-hydrogen) atoms. The van der Waals surface area contributed by atoms with E-state index in [-0.39, 0.29) is 0 Å². The van der Waals surface area contributed by atoms with Crippen LogP contribution in [0, 0.1) is 6.92 Å². The van der Waals surface area contributed by atoms with Crippen molar-refractivity contribution >= 4 is 21.8 Å². The summed E-state index contributed by atoms with van der Waals surface area (Å²) in [5.74, 6) is 0.636. The number of carbonyl (C=O) groups is 1. The topological polar surface area (TPSA) is 65.2 Å². The Morgan fingerprint density at radius 1 is 1.33 bits per heavy atom. The average molecular weight is 307 g/mol. The molecule has 1 aromatic carbocycles. The van der Waals surface area contributed by atoms with Crippen molar-refractivity contribution in [3.05, 3.63) is 52.1 Å². The molecule has 2 rings (SSSR count). The second kappa shape index (κ2) is 5.18. The summed E-state index contributed by atoms with van der Waals surface area (Å²) in [5, 5.41) is 0. The molecular weight excluding hydrogens is 296 g/mol. The fourth-order valence-electron chi connectivity index (χ4n) is 1.43. The van der Waals surface area contributed by atoms with Crippen molar-refractivity contribution in [1.82, 2.24) is 4.98 Å². The summed E-state index contributed by atoms with van der Waals surface area (Å²) in [6.45, 7) is 1.94. The van der Waals surface area contributed by atoms with Crippen LogP contribution in [0.3, 0.4) is 0 Å². The molecule has 2 N–H and O–H groups in total. The van der Waals surface area contributed by atoms with Gasteiger partial charge in [0.15, 0.2) is 0 Å². The largest absolute Gasteiger partial charge is 0.439 e. The van der Waals surface area contributed by atoms with E-state index >= 15 is 0 Å². The molecule has 1 amide bonds. The number of amides is 1. The van der Waals surface area contributed by atoms with Gasteiger partial charge in [0.1, 0.15) is 5.75 Å². The summed E-state index contributed by atoms with van der Waals surface area (Å²) < 4.78 is 6.60. The Kier molecular flexibility index (Phi) is 3.62. The number of nitrogens with two attached hydrogens (primary N) is 1. The van der Waals surface area contributed by atoms with Gasteiger partial charge in [0.2, 0.25) is 11.8 Å². The third-order valence-corrected chi connectivity index (χ3v) is 2.87. The first-order valence-corrected chi connectivity index (χ1v) is 6.05. The number of rotatable bonds is 3. The monoisotopic (exact) mass is 306 g/mol. The van der Waals surface area contributed by atoms with Gasteiger partial charge in [-0.3, -0.25) is 4.79 Å². The maximum absolute atomic E-state index is 10.9. The third-order valence-electron chi connectivity index (χ3n) is 2.37. The zero-order valence-electron chi connectivity index (χ0n) is 9.68. The van der Waals surface area contributed by atoms with E-state index in [2.05, 4.69) is 20.9 Å². The molecule has 1 heterocycles. The van der Waals surface area contributed by atoms with E-state index in [0.29, 0.717) is 11.4 Å². The number of nitrogens with zero attached hydrogens (tertiary/aromatic N) is 1. The van der Waals surface area contributed by atoms with Gasteiger partial charge in [0.05, 0.1) is 5.56 Å². The molecule has 0 saturated heterocycles. The number of ether oxygens (including phenoxy) is 1. The minimum atomic E-state index is -0.506. The standard InChI is InChI=1S/C13H11BrN2O2/c1-8-6-10(14)3-4-11(8)18-12-5-2-9(7-16-12)13(15)17/h2-7H,1H3,(H2,15,17). The van der Waals surface area contributed by atoms with Crippen LogP contribution in [-0.4, -0.2) is 10.9 Å². The van der Waals surface area contributed by atoms with Crippen molar-refractivity contribution < 1.29 is 9.53 Å². The first kappa shape index (κ1) is 12.6. The summed E-state index contributed by atoms with van der Waals surface area (Å²) in [6.07, 6.45) is 1.39. The van der Waals surface area contributed by atoms with E-state index in [1.54, 1.807) is 12.1 Å². The van der Waals surface area contributed by atoms with Gasteiger partial charge in [-0.05, 0) is 36.8 Å². The Morgan fingerprint density at radius 3 is 2.67 bits per heavy atom. The molecule has 0 saturated carbocycles. The Bertz CT molecular complexity index is 582. The Hall–Kier alpha value is -1.88. The molecule has 0 aliphatic rings. The van der Waals surface area contributed by atoms with Crippen LogP contribution in [-0.2, 0) is 0 Å². The maximum atomic E-state index is 10.9. The van der Waals surface area contributed by atoms with Crippen LogP contribution >= 0.6 is 15.9 Å². The van der Waals surface area contributed by atoms with E-state index in [0.717, 1.165) is 15.8 Å². The fraction of sp³-hybridized carbons (Fsp3) is 0.0769. The van der Waals surface area contributed by atoms with Crippen LogP contribution in [0.25, 0.3) is 0 Å². The molecule has 0 radical (unpaired) electrons. The van der Waals surface area contributed by atoms with Crippen LogP contribution in [0.5, 0.6) is 11.6 Å². The normalized spacial score (nSPS) is 10.1. The number of aryl methyl sites for hydroxylation is 1. The van der Waals surface area contributed by atoms with Gasteiger partial charge in [-0.1, -0.05) is 15.9 Å². The number of carbonyl (C=O) groups excluding carboxylic acids is 1. The van der Waals surface area contributed by atoms with E-state index in [4.69, 9.17) is 10.5 Å². The molecule has 0 atom stereocenters. The van der Waals surface area contributed by atoms with Crippen molar-refractivity contribution in [3.8, 4) is 11.6 Å². The molecule has 0 unspecified atom stereocenters. The molecule has 1 aromatic heterocycles. The van der Waals surface area contributed by atoms with Crippen LogP contribution in [0.4, 0.5) is 0 Å². The van der Waals surface area contributed by atoms with Gasteiger partial charge in [-0.15, -0.1) is 0 Å². The number of hydrogen-bond acceptors (Lipinski definition) is 3. The summed E-state index contributed by atoms with van der Waals surface area (Å²) >= 11 is 3.38. The first-order valence-electron chi connectivity index (χ1n) is 5.26. The lowest BCUT2D eigenvalue weighted by Gasteiger charge is -2.08. The third kappa shape index (κ3) is 2.87. The maximum Gasteiger partial charge on any atom is 0.250 e. The lowest BCUT2D eigenvalue weighted by atomic mass is 10.2. The second-order valence-electron chi connectivity index (χ2n) is 3.76. The van der Waals surface area contributed by atoms with Gasteiger partial charge >= 0.3 is 0 Å². The van der Waals surface area contributed by atoms with Crippen molar-refractivity contribution in [2.24, 2.45) is 5.73 Å². The van der Waals surface area contributed by atoms with Crippen molar-refractivity contribution in [2.45, 2.75) is 6.92 Å². The number of benzene rings is 1. The highest BCUT2D eigenvalue weighted by Gasteiger charge is 2.05. The Balaban J connectivity index is 2.21. The Morgan fingerprint density at radius 2 is 2.11 bits per heavy atom. The molecular formula is C13H11BrN2O2. The molecule has 0 spiro atoms. The van der Waals surface area contributed by atoms with Crippen molar-refractivity contribution in [2.75, 3.05) is 0 Å². The van der Waals surface area contributed by atoms with Gasteiger partial charge < -0.3 is 10.5 Å². The van der Waals surface area contributed by atoms with Crippen molar-refractivity contribution in [3.63, 3.8) is 0 Å². The van der Waals surface area contributed by atoms with Gasteiger partial charge in [0, 0.05) is 16.7 Å². The zero-order valence-corrected chi connectivity index (χ0v) is 11.3. The van der Waals surface area contributed by atoms with Crippen LogP contribution < -0.4 is 10.5 Å². The Labute approximate surface area is 113 Å². The first-order chi connectivity index (χ1) is 8.56. The van der Waals surface area contributed by atoms with E-state index in [9.17, 15) is 4.79 Å². The van der Waals surface area contributed by atoms with Gasteiger partial charge in [-0.2, -0.15) is 0 Å². The molecule has 0 fully saturated rings. The summed E-state index contributed by atoms with van der Waals surface area (Å²) in [6, 6.07) is 8.89. The van der Waals surface area contributed by atoms with Crippen LogP contribution in [0.2, 0.25) is 0 Å². The van der Waals surface area contributed by atoms with Crippen molar-refractivity contribution in [1.29, 1.82) is 0 Å². The SMILES string of the molecule is Cc1cc(Br)ccc1Oc1ccc(C(N)=O)cn1. The highest BCUT2D eigenvalue weighted by atomic mass is 79.9. The fourth-order valence-corrected chi connectivity index (χ4v) is 1.90. The molecule has 0 aliphatic heterocycles. The molecule has 0 bridgehead atoms. The minimum absolute atomic E-state index is 0.356. The van der Waals surface area contributed by atoms with Crippen LogP contribution in [0.15, 0.2) is 41.0 Å². The van der Waals surface area contributed by atoms with Gasteiger partial charge in [-0.25, -0.2) is 4.98 Å². The molecule has 4 nitrogen and oxygen atoms in total. The quantitative estimate of drug-likeness (QED) is 0.948. The average Bonchev–Trinajstić information content (AvgIpc) is 2.33. The predicted molar refractivity (Wildman–Crippen MR) is 71.7 cm³/mol. The second-order valence-corrected chi connectivity index (χ2v) is 4.68. The summed E-state index contributed by atoms with van der Waals surface area (Å²) in [4.78, 5) is 14.9. The van der Waals surface area contributed by atoms with Crippen LogP contribution in [0.1, 0.15) is 15.9 Å². The van der Waals surface area contributed by atoms with Gasteiger partial charge in [0.25, 0.3) is 0 Å². The minimum Gasteiger partial charge on any atom is -0.439 e. The smallest absolute Gasteiger partial charge is 0.250 e. The summed E-state index contributed by atoms with van der Waals surface area (Å²) in [5.41, 5.74) is 6.48.